The van der Waals surface area contributed by atoms with Crippen molar-refractivity contribution in [3.63, 3.8) is 0 Å². The molecule has 5 nitrogen and oxygen atoms in total. The van der Waals surface area contributed by atoms with Gasteiger partial charge in [-0.05, 0) is 12.8 Å². The predicted molar refractivity (Wildman–Crippen MR) is 69.9 cm³/mol. The van der Waals surface area contributed by atoms with E-state index in [0.717, 1.165) is 12.8 Å². The van der Waals surface area contributed by atoms with Gasteiger partial charge in [0, 0.05) is 31.7 Å². The molecule has 0 atom stereocenters. The van der Waals surface area contributed by atoms with Crippen LogP contribution in [0.3, 0.4) is 0 Å². The highest BCUT2D eigenvalue weighted by Crippen LogP contribution is 2.12. The fraction of sp³-hybridized carbons (Fsp3) is 1.00. The van der Waals surface area contributed by atoms with Gasteiger partial charge in [0.25, 0.3) is 10.2 Å². The van der Waals surface area contributed by atoms with Gasteiger partial charge in [-0.15, -0.1) is 0 Å². The molecule has 0 bridgehead atoms. The molecule has 0 fully saturated rings. The Morgan fingerprint density at radius 1 is 1.18 bits per heavy atom. The van der Waals surface area contributed by atoms with Gasteiger partial charge in [-0.3, -0.25) is 0 Å². The molecular formula is C11H26N2O3S. The van der Waals surface area contributed by atoms with Crippen LogP contribution in [0.5, 0.6) is 0 Å². The van der Waals surface area contributed by atoms with Gasteiger partial charge < -0.3 is 5.11 Å². The lowest BCUT2D eigenvalue weighted by Gasteiger charge is -2.26. The maximum Gasteiger partial charge on any atom is 0.279 e. The van der Waals surface area contributed by atoms with E-state index in [0.29, 0.717) is 13.1 Å². The zero-order chi connectivity index (χ0) is 13.5. The summed E-state index contributed by atoms with van der Waals surface area (Å²) in [6.45, 7) is 8.81. The van der Waals surface area contributed by atoms with Gasteiger partial charge in [-0.1, -0.05) is 27.7 Å². The van der Waals surface area contributed by atoms with E-state index in [4.69, 9.17) is 5.11 Å². The topological polar surface area (TPSA) is 69.6 Å². The van der Waals surface area contributed by atoms with Crippen molar-refractivity contribution in [3.05, 3.63) is 0 Å². The second-order valence-corrected chi connectivity index (χ2v) is 6.80. The molecule has 0 aromatic carbocycles. The monoisotopic (exact) mass is 266 g/mol. The van der Waals surface area contributed by atoms with Gasteiger partial charge in [0.2, 0.25) is 0 Å². The molecule has 0 amide bonds. The lowest BCUT2D eigenvalue weighted by Crippen LogP contribution is -2.45. The number of aliphatic hydroxyl groups excluding tert-OH is 1. The van der Waals surface area contributed by atoms with Gasteiger partial charge >= 0.3 is 0 Å². The molecule has 2 N–H and O–H groups in total. The number of rotatable bonds is 9. The van der Waals surface area contributed by atoms with Crippen molar-refractivity contribution in [1.82, 2.24) is 9.03 Å². The first kappa shape index (κ1) is 16.8. The minimum atomic E-state index is -3.42. The predicted octanol–water partition coefficient (Wildman–Crippen LogP) is 0.961. The fourth-order valence-electron chi connectivity index (χ4n) is 1.28. The van der Waals surface area contributed by atoms with Crippen LogP contribution < -0.4 is 4.72 Å². The zero-order valence-corrected chi connectivity index (χ0v) is 12.2. The number of hydrogen-bond donors (Lipinski definition) is 2. The molecular weight excluding hydrogens is 240 g/mol. The summed E-state index contributed by atoms with van der Waals surface area (Å²) in [4.78, 5) is 0. The summed E-state index contributed by atoms with van der Waals surface area (Å²) in [6, 6.07) is 0. The molecule has 0 aromatic heterocycles. The molecule has 6 heteroatoms. The Balaban J connectivity index is 4.52. The molecule has 0 aromatic rings. The molecule has 0 radical (unpaired) electrons. The first-order valence-electron chi connectivity index (χ1n) is 6.14. The van der Waals surface area contributed by atoms with Crippen molar-refractivity contribution in [2.45, 2.75) is 40.5 Å². The first-order valence-corrected chi connectivity index (χ1v) is 7.58. The Kier molecular flexibility index (Phi) is 7.23. The number of nitrogens with zero attached hydrogens (tertiary/aromatic N) is 1. The molecule has 104 valence electrons. The van der Waals surface area contributed by atoms with E-state index in [-0.39, 0.29) is 13.2 Å². The van der Waals surface area contributed by atoms with Crippen LogP contribution in [-0.2, 0) is 10.2 Å². The smallest absolute Gasteiger partial charge is 0.279 e. The van der Waals surface area contributed by atoms with E-state index in [1.807, 2.05) is 27.7 Å². The van der Waals surface area contributed by atoms with Crippen molar-refractivity contribution in [2.24, 2.45) is 5.41 Å². The third-order valence-electron chi connectivity index (χ3n) is 2.45. The van der Waals surface area contributed by atoms with E-state index < -0.39 is 15.6 Å². The van der Waals surface area contributed by atoms with Gasteiger partial charge in [-0.25, -0.2) is 4.72 Å². The Morgan fingerprint density at radius 3 is 2.00 bits per heavy atom. The summed E-state index contributed by atoms with van der Waals surface area (Å²) in [7, 11) is -3.42. The van der Waals surface area contributed by atoms with Crippen LogP contribution in [0, 0.1) is 5.41 Å². The average Bonchev–Trinajstić information content (AvgIpc) is 2.27. The summed E-state index contributed by atoms with van der Waals surface area (Å²) in [5.41, 5.74) is -0.433. The summed E-state index contributed by atoms with van der Waals surface area (Å²) < 4.78 is 28.0. The standard InChI is InChI=1S/C11H26N2O3S/c1-5-7-13(8-6-2)17(15,16)12-9-11(3,4)10-14/h12,14H,5-10H2,1-4H3. The van der Waals surface area contributed by atoms with E-state index in [1.54, 1.807) is 0 Å². The first-order chi connectivity index (χ1) is 7.79. The minimum Gasteiger partial charge on any atom is -0.396 e. The van der Waals surface area contributed by atoms with E-state index in [1.165, 1.54) is 4.31 Å². The summed E-state index contributed by atoms with van der Waals surface area (Å²) in [6.07, 6.45) is 1.59. The molecule has 0 saturated carbocycles. The Morgan fingerprint density at radius 2 is 1.65 bits per heavy atom. The lowest BCUT2D eigenvalue weighted by molar-refractivity contribution is 0.162. The van der Waals surface area contributed by atoms with Gasteiger partial charge in [0.1, 0.15) is 0 Å². The quantitative estimate of drug-likeness (QED) is 0.653. The molecule has 0 spiro atoms. The maximum atomic E-state index is 12.0. The average molecular weight is 266 g/mol. The Bertz CT molecular complexity index is 296. The zero-order valence-electron chi connectivity index (χ0n) is 11.4. The number of nitrogens with one attached hydrogen (secondary N) is 1. The lowest BCUT2D eigenvalue weighted by atomic mass is 9.96. The van der Waals surface area contributed by atoms with Crippen molar-refractivity contribution in [3.8, 4) is 0 Å². The molecule has 0 aliphatic carbocycles. The van der Waals surface area contributed by atoms with Gasteiger partial charge in [0.05, 0.1) is 0 Å². The molecule has 0 unspecified atom stereocenters. The highest BCUT2D eigenvalue weighted by molar-refractivity contribution is 7.87. The summed E-state index contributed by atoms with van der Waals surface area (Å²) in [5, 5.41) is 9.09. The molecule has 0 aliphatic rings. The fourth-order valence-corrected chi connectivity index (χ4v) is 2.89. The van der Waals surface area contributed by atoms with Crippen LogP contribution >= 0.6 is 0 Å². The third kappa shape index (κ3) is 6.35. The molecule has 0 rings (SSSR count). The molecule has 17 heavy (non-hydrogen) atoms. The van der Waals surface area contributed by atoms with Crippen LogP contribution in [0.1, 0.15) is 40.5 Å². The van der Waals surface area contributed by atoms with E-state index in [2.05, 4.69) is 4.72 Å². The van der Waals surface area contributed by atoms with Crippen LogP contribution in [0.4, 0.5) is 0 Å². The normalized spacial score (nSPS) is 13.3. The summed E-state index contributed by atoms with van der Waals surface area (Å²) >= 11 is 0. The van der Waals surface area contributed by atoms with E-state index >= 15 is 0 Å². The second-order valence-electron chi connectivity index (χ2n) is 5.05. The molecule has 0 heterocycles. The van der Waals surface area contributed by atoms with Crippen LogP contribution in [0.15, 0.2) is 0 Å². The Labute approximate surface area is 105 Å². The largest absolute Gasteiger partial charge is 0.396 e. The molecule has 0 saturated heterocycles. The van der Waals surface area contributed by atoms with Crippen LogP contribution in [0.25, 0.3) is 0 Å². The number of hydrogen-bond acceptors (Lipinski definition) is 3. The summed E-state index contributed by atoms with van der Waals surface area (Å²) in [5.74, 6) is 0. The maximum absolute atomic E-state index is 12.0. The second kappa shape index (κ2) is 7.31. The third-order valence-corrected chi connectivity index (χ3v) is 4.00. The van der Waals surface area contributed by atoms with Crippen molar-refractivity contribution < 1.29 is 13.5 Å². The van der Waals surface area contributed by atoms with Crippen LogP contribution in [0.2, 0.25) is 0 Å². The SMILES string of the molecule is CCCN(CCC)S(=O)(=O)NCC(C)(C)CO. The molecule has 0 aliphatic heterocycles. The Hall–Kier alpha value is -0.170. The van der Waals surface area contributed by atoms with E-state index in [9.17, 15) is 8.42 Å². The van der Waals surface area contributed by atoms with Crippen molar-refractivity contribution in [2.75, 3.05) is 26.2 Å². The highest BCUT2D eigenvalue weighted by Gasteiger charge is 2.24. The van der Waals surface area contributed by atoms with Crippen molar-refractivity contribution >= 4 is 10.2 Å². The van der Waals surface area contributed by atoms with Gasteiger partial charge in [-0.2, -0.15) is 12.7 Å². The van der Waals surface area contributed by atoms with Crippen LogP contribution in [-0.4, -0.2) is 44.1 Å². The number of aliphatic hydroxyl groups is 1. The highest BCUT2D eigenvalue weighted by atomic mass is 32.2. The minimum absolute atomic E-state index is 0.0446. The van der Waals surface area contributed by atoms with Crippen molar-refractivity contribution in [1.29, 1.82) is 0 Å². The van der Waals surface area contributed by atoms with Gasteiger partial charge in [0.15, 0.2) is 0 Å².